The number of imide groups is 1. The molecular weight excluding hydrogens is 426 g/mol. The van der Waals surface area contributed by atoms with Crippen LogP contribution in [-0.4, -0.2) is 89.4 Å². The van der Waals surface area contributed by atoms with Crippen LogP contribution in [0.1, 0.15) is 39.5 Å². The molecule has 1 rings (SSSR count). The van der Waals surface area contributed by atoms with Crippen LogP contribution in [-0.2, 0) is 23.9 Å². The lowest BCUT2D eigenvalue weighted by atomic mass is 10.0. The van der Waals surface area contributed by atoms with Crippen molar-refractivity contribution in [2.45, 2.75) is 57.9 Å². The van der Waals surface area contributed by atoms with Gasteiger partial charge >= 0.3 is 6.03 Å². The predicted octanol–water partition coefficient (Wildman–Crippen LogP) is -2.46. The van der Waals surface area contributed by atoms with Crippen molar-refractivity contribution >= 4 is 29.7 Å². The Bertz CT molecular complexity index is 687. The third-order valence-corrected chi connectivity index (χ3v) is 4.68. The Morgan fingerprint density at radius 3 is 2.47 bits per heavy atom. The van der Waals surface area contributed by atoms with Crippen molar-refractivity contribution in [3.05, 3.63) is 0 Å². The van der Waals surface area contributed by atoms with Crippen LogP contribution in [0.15, 0.2) is 0 Å². The van der Waals surface area contributed by atoms with Gasteiger partial charge in [0.25, 0.3) is 5.91 Å². The zero-order chi connectivity index (χ0) is 24.3. The molecule has 1 unspecified atom stereocenters. The molecule has 0 radical (unpaired) electrons. The van der Waals surface area contributed by atoms with Gasteiger partial charge < -0.3 is 36.6 Å². The van der Waals surface area contributed by atoms with E-state index in [2.05, 4.69) is 16.0 Å². The minimum absolute atomic E-state index is 0.00648. The van der Waals surface area contributed by atoms with Gasteiger partial charge in [0, 0.05) is 13.0 Å². The summed E-state index contributed by atoms with van der Waals surface area (Å²) < 4.78 is 5.27. The quantitative estimate of drug-likeness (QED) is 0.0932. The van der Waals surface area contributed by atoms with Gasteiger partial charge in [0.05, 0.1) is 26.2 Å². The highest BCUT2D eigenvalue weighted by Gasteiger charge is 2.36. The summed E-state index contributed by atoms with van der Waals surface area (Å²) in [5.41, 5.74) is 4.94. The van der Waals surface area contributed by atoms with Crippen molar-refractivity contribution in [3.8, 4) is 0 Å². The van der Waals surface area contributed by atoms with Crippen molar-refractivity contribution in [1.29, 1.82) is 0 Å². The number of carbonyl (C=O) groups excluding carboxylic acids is 5. The average Bonchev–Trinajstić information content (AvgIpc) is 2.94. The molecule has 0 spiro atoms. The minimum Gasteiger partial charge on any atom is -0.383 e. The Morgan fingerprint density at radius 2 is 1.91 bits per heavy atom. The van der Waals surface area contributed by atoms with Gasteiger partial charge in [-0.3, -0.25) is 24.1 Å². The highest BCUT2D eigenvalue weighted by molar-refractivity contribution is 6.04. The third-order valence-electron chi connectivity index (χ3n) is 4.68. The van der Waals surface area contributed by atoms with E-state index in [1.807, 2.05) is 0 Å². The van der Waals surface area contributed by atoms with Crippen LogP contribution in [0.25, 0.3) is 0 Å². The monoisotopic (exact) mass is 459 g/mol. The predicted molar refractivity (Wildman–Crippen MR) is 111 cm³/mol. The van der Waals surface area contributed by atoms with E-state index in [-0.39, 0.29) is 51.5 Å². The Balaban J connectivity index is 2.31. The number of primary amides is 1. The SMILES string of the molecule is CC(C)[C@H](NC(=O)CCOCCN1C(=O)CC(O)C1=O)C(=O)N[C@H](O)CCCNC(N)=O. The second kappa shape index (κ2) is 13.6. The van der Waals surface area contributed by atoms with Gasteiger partial charge in [-0.25, -0.2) is 4.79 Å². The summed E-state index contributed by atoms with van der Waals surface area (Å²) >= 11 is 0. The average molecular weight is 460 g/mol. The van der Waals surface area contributed by atoms with Crippen LogP contribution in [0.4, 0.5) is 4.79 Å². The van der Waals surface area contributed by atoms with Crippen molar-refractivity contribution < 1.29 is 38.9 Å². The van der Waals surface area contributed by atoms with E-state index in [0.717, 1.165) is 4.90 Å². The molecule has 0 aliphatic carbocycles. The van der Waals surface area contributed by atoms with Gasteiger partial charge in [-0.15, -0.1) is 0 Å². The number of hydrogen-bond acceptors (Lipinski definition) is 8. The maximum absolute atomic E-state index is 12.4. The maximum Gasteiger partial charge on any atom is 0.312 e. The fourth-order valence-corrected chi connectivity index (χ4v) is 2.94. The summed E-state index contributed by atoms with van der Waals surface area (Å²) in [6, 6.07) is -1.55. The highest BCUT2D eigenvalue weighted by atomic mass is 16.5. The molecule has 0 saturated carbocycles. The summed E-state index contributed by atoms with van der Waals surface area (Å²) in [6.45, 7) is 3.74. The fraction of sp³-hybridized carbons (Fsp3) is 0.737. The van der Waals surface area contributed by atoms with Gasteiger partial charge in [-0.1, -0.05) is 13.8 Å². The number of carbonyl (C=O) groups is 5. The number of likely N-dealkylation sites (tertiary alicyclic amines) is 1. The van der Waals surface area contributed by atoms with Crippen molar-refractivity contribution in [1.82, 2.24) is 20.9 Å². The lowest BCUT2D eigenvalue weighted by Gasteiger charge is -2.23. The second-order valence-corrected chi connectivity index (χ2v) is 7.71. The molecule has 13 heteroatoms. The molecule has 1 fully saturated rings. The molecule has 0 aromatic carbocycles. The van der Waals surface area contributed by atoms with Gasteiger partial charge in [0.1, 0.15) is 18.4 Å². The molecule has 6 amide bonds. The van der Waals surface area contributed by atoms with Crippen LogP contribution in [0, 0.1) is 5.92 Å². The number of nitrogens with zero attached hydrogens (tertiary/aromatic N) is 1. The van der Waals surface area contributed by atoms with E-state index < -0.39 is 48.0 Å². The maximum atomic E-state index is 12.4. The van der Waals surface area contributed by atoms with E-state index in [0.29, 0.717) is 6.42 Å². The first kappa shape index (κ1) is 27.3. The summed E-state index contributed by atoms with van der Waals surface area (Å²) in [5, 5.41) is 26.6. The molecule has 1 heterocycles. The molecule has 0 aromatic rings. The molecule has 182 valence electrons. The third kappa shape index (κ3) is 9.58. The number of urea groups is 1. The minimum atomic E-state index is -1.31. The van der Waals surface area contributed by atoms with Crippen LogP contribution in [0.5, 0.6) is 0 Å². The molecule has 1 aliphatic heterocycles. The Morgan fingerprint density at radius 1 is 1.22 bits per heavy atom. The van der Waals surface area contributed by atoms with Crippen LogP contribution >= 0.6 is 0 Å². The summed E-state index contributed by atoms with van der Waals surface area (Å²) in [6.07, 6.45) is -2.15. The van der Waals surface area contributed by atoms with Crippen molar-refractivity contribution in [2.75, 3.05) is 26.3 Å². The van der Waals surface area contributed by atoms with Crippen LogP contribution in [0.3, 0.4) is 0 Å². The number of aliphatic hydroxyl groups is 2. The first-order chi connectivity index (χ1) is 15.0. The summed E-state index contributed by atoms with van der Waals surface area (Å²) in [4.78, 5) is 59.2. The fourth-order valence-electron chi connectivity index (χ4n) is 2.94. The normalized spacial score (nSPS) is 17.9. The lowest BCUT2D eigenvalue weighted by Crippen LogP contribution is -2.52. The topological polar surface area (TPSA) is 200 Å². The number of ether oxygens (including phenoxy) is 1. The summed E-state index contributed by atoms with van der Waals surface area (Å²) in [7, 11) is 0. The molecule has 1 saturated heterocycles. The molecule has 13 nitrogen and oxygen atoms in total. The first-order valence-corrected chi connectivity index (χ1v) is 10.4. The van der Waals surface area contributed by atoms with E-state index in [4.69, 9.17) is 10.5 Å². The molecule has 32 heavy (non-hydrogen) atoms. The number of rotatable bonds is 14. The standard InChI is InChI=1S/C19H33N5O8/c1-11(2)16(17(29)23-13(26)4-3-6-21-19(20)31)22-14(27)5-8-32-9-7-24-15(28)10-12(25)18(24)30/h11-13,16,25-26H,3-10H2,1-2H3,(H,22,27)(H,23,29)(H3,20,21,31)/t12?,13-,16+/m1/s1. The highest BCUT2D eigenvalue weighted by Crippen LogP contribution is 2.12. The lowest BCUT2D eigenvalue weighted by molar-refractivity contribution is -0.141. The smallest absolute Gasteiger partial charge is 0.312 e. The van der Waals surface area contributed by atoms with E-state index in [1.54, 1.807) is 13.8 Å². The van der Waals surface area contributed by atoms with Gasteiger partial charge in [-0.2, -0.15) is 0 Å². The first-order valence-electron chi connectivity index (χ1n) is 10.4. The largest absolute Gasteiger partial charge is 0.383 e. The summed E-state index contributed by atoms with van der Waals surface area (Å²) in [5.74, 6) is -2.37. The molecule has 1 aliphatic rings. The molecule has 0 bridgehead atoms. The zero-order valence-electron chi connectivity index (χ0n) is 18.3. The number of nitrogens with two attached hydrogens (primary N) is 1. The van der Waals surface area contributed by atoms with Crippen molar-refractivity contribution in [2.24, 2.45) is 11.7 Å². The van der Waals surface area contributed by atoms with Crippen LogP contribution in [0.2, 0.25) is 0 Å². The molecule has 0 aromatic heterocycles. The molecule has 7 N–H and O–H groups in total. The van der Waals surface area contributed by atoms with E-state index >= 15 is 0 Å². The number of aliphatic hydroxyl groups excluding tert-OH is 2. The number of nitrogens with one attached hydrogen (secondary N) is 3. The van der Waals surface area contributed by atoms with Gasteiger partial charge in [-0.05, 0) is 18.8 Å². The Hall–Kier alpha value is -2.77. The van der Waals surface area contributed by atoms with Crippen LogP contribution < -0.4 is 21.7 Å². The number of hydrogen-bond donors (Lipinski definition) is 6. The van der Waals surface area contributed by atoms with Gasteiger partial charge in [0.15, 0.2) is 0 Å². The number of amides is 6. The molecular formula is C19H33N5O8. The van der Waals surface area contributed by atoms with E-state index in [9.17, 15) is 34.2 Å². The van der Waals surface area contributed by atoms with Gasteiger partial charge in [0.2, 0.25) is 17.7 Å². The van der Waals surface area contributed by atoms with Crippen molar-refractivity contribution in [3.63, 3.8) is 0 Å². The zero-order valence-corrected chi connectivity index (χ0v) is 18.3. The Labute approximate surface area is 186 Å². The Kier molecular flexibility index (Phi) is 11.6. The second-order valence-electron chi connectivity index (χ2n) is 7.71. The molecule has 3 atom stereocenters. The van der Waals surface area contributed by atoms with E-state index in [1.165, 1.54) is 0 Å².